The van der Waals surface area contributed by atoms with Gasteiger partial charge in [-0.3, -0.25) is 9.69 Å². The summed E-state index contributed by atoms with van der Waals surface area (Å²) in [6.45, 7) is 3.43. The van der Waals surface area contributed by atoms with Crippen LogP contribution in [0.4, 0.5) is 0 Å². The quantitative estimate of drug-likeness (QED) is 0.924. The number of nitrogens with zero attached hydrogens (tertiary/aromatic N) is 2. The summed E-state index contributed by atoms with van der Waals surface area (Å²) in [6, 6.07) is 13.8. The zero-order valence-corrected chi connectivity index (χ0v) is 14.8. The van der Waals surface area contributed by atoms with Crippen LogP contribution in [0.5, 0.6) is 5.75 Å². The fourth-order valence-electron chi connectivity index (χ4n) is 4.08. The molecule has 1 amide bonds. The number of nitriles is 1. The fourth-order valence-corrected chi connectivity index (χ4v) is 4.08. The average Bonchev–Trinajstić information content (AvgIpc) is 3.29. The first kappa shape index (κ1) is 16.6. The highest BCUT2D eigenvalue weighted by Gasteiger charge is 2.29. The van der Waals surface area contributed by atoms with Crippen molar-refractivity contribution in [3.05, 3.63) is 64.2 Å². The lowest BCUT2D eigenvalue weighted by atomic mass is 9.91. The number of fused-ring (bicyclic) bond motifs is 1. The van der Waals surface area contributed by atoms with Gasteiger partial charge in [-0.05, 0) is 48.2 Å². The number of nitrogens with one attached hydrogen (secondary N) is 1. The third-order valence-corrected chi connectivity index (χ3v) is 5.40. The molecule has 1 N–H and O–H groups in total. The third kappa shape index (κ3) is 2.93. The molecule has 2 aliphatic rings. The zero-order valence-electron chi connectivity index (χ0n) is 14.8. The van der Waals surface area contributed by atoms with Crippen molar-refractivity contribution in [3.8, 4) is 11.8 Å². The van der Waals surface area contributed by atoms with Crippen molar-refractivity contribution in [3.63, 3.8) is 0 Å². The Morgan fingerprint density at radius 3 is 3.04 bits per heavy atom. The maximum Gasteiger partial charge on any atom is 0.251 e. The minimum absolute atomic E-state index is 0.0408. The fraction of sp³-hybridized carbons (Fsp3) is 0.333. The van der Waals surface area contributed by atoms with Crippen LogP contribution in [-0.2, 0) is 13.1 Å². The number of amides is 1. The van der Waals surface area contributed by atoms with Gasteiger partial charge >= 0.3 is 0 Å². The Balaban J connectivity index is 1.50. The smallest absolute Gasteiger partial charge is 0.251 e. The molecular weight excluding hydrogens is 326 g/mol. The van der Waals surface area contributed by atoms with Crippen molar-refractivity contribution in [2.45, 2.75) is 25.4 Å². The molecule has 0 aliphatic carbocycles. The second-order valence-electron chi connectivity index (χ2n) is 6.92. The number of carbonyl (C=O) groups excluding carboxylic acids is 1. The van der Waals surface area contributed by atoms with Crippen molar-refractivity contribution in [2.75, 3.05) is 20.2 Å². The van der Waals surface area contributed by atoms with E-state index in [4.69, 9.17) is 10.00 Å². The van der Waals surface area contributed by atoms with E-state index in [-0.39, 0.29) is 5.91 Å². The Morgan fingerprint density at radius 2 is 2.23 bits per heavy atom. The van der Waals surface area contributed by atoms with Crippen LogP contribution in [0, 0.1) is 11.3 Å². The Hall–Kier alpha value is -2.84. The molecule has 132 valence electrons. The maximum atomic E-state index is 11.9. The van der Waals surface area contributed by atoms with Gasteiger partial charge in [-0.25, -0.2) is 0 Å². The van der Waals surface area contributed by atoms with E-state index in [1.165, 1.54) is 11.1 Å². The topological polar surface area (TPSA) is 65.4 Å². The lowest BCUT2D eigenvalue weighted by Gasteiger charge is -2.19. The molecule has 1 atom stereocenters. The Labute approximate surface area is 153 Å². The van der Waals surface area contributed by atoms with Gasteiger partial charge in [-0.1, -0.05) is 18.2 Å². The number of rotatable bonds is 4. The van der Waals surface area contributed by atoms with E-state index in [1.807, 2.05) is 24.3 Å². The summed E-state index contributed by atoms with van der Waals surface area (Å²) in [5, 5.41) is 12.0. The Morgan fingerprint density at radius 1 is 1.35 bits per heavy atom. The SMILES string of the molecule is COc1cc(C#N)ccc1CN1CCC(c2cccc3c2CNC3=O)C1. The van der Waals surface area contributed by atoms with Crippen molar-refractivity contribution in [1.29, 1.82) is 5.26 Å². The van der Waals surface area contributed by atoms with Crippen molar-refractivity contribution < 1.29 is 9.53 Å². The molecule has 26 heavy (non-hydrogen) atoms. The van der Waals surface area contributed by atoms with E-state index in [0.717, 1.165) is 42.9 Å². The Bertz CT molecular complexity index is 901. The summed E-state index contributed by atoms with van der Waals surface area (Å²) in [6.07, 6.45) is 1.09. The summed E-state index contributed by atoms with van der Waals surface area (Å²) >= 11 is 0. The van der Waals surface area contributed by atoms with E-state index in [9.17, 15) is 4.79 Å². The maximum absolute atomic E-state index is 11.9. The number of benzene rings is 2. The molecule has 0 radical (unpaired) electrons. The van der Waals surface area contributed by atoms with Gasteiger partial charge in [0.2, 0.25) is 0 Å². The summed E-state index contributed by atoms with van der Waals surface area (Å²) in [7, 11) is 1.64. The Kier molecular flexibility index (Phi) is 4.36. The van der Waals surface area contributed by atoms with Gasteiger partial charge in [-0.2, -0.15) is 5.26 Å². The molecule has 0 saturated carbocycles. The van der Waals surface area contributed by atoms with Crippen LogP contribution in [0.2, 0.25) is 0 Å². The standard InChI is InChI=1S/C21H21N3O2/c1-26-20-9-14(10-22)5-6-16(20)13-24-8-7-15(12-24)17-3-2-4-18-19(17)11-23-21(18)25/h2-6,9,15H,7-8,11-13H2,1H3,(H,23,25). The lowest BCUT2D eigenvalue weighted by Crippen LogP contribution is -2.20. The van der Waals surface area contributed by atoms with E-state index < -0.39 is 0 Å². The number of carbonyl (C=O) groups is 1. The first-order chi connectivity index (χ1) is 12.7. The van der Waals surface area contributed by atoms with Crippen molar-refractivity contribution in [2.24, 2.45) is 0 Å². The number of hydrogen-bond donors (Lipinski definition) is 1. The van der Waals surface area contributed by atoms with Gasteiger partial charge in [0.05, 0.1) is 18.7 Å². The highest BCUT2D eigenvalue weighted by Crippen LogP contribution is 2.34. The van der Waals surface area contributed by atoms with Gasteiger partial charge < -0.3 is 10.1 Å². The summed E-state index contributed by atoms with van der Waals surface area (Å²) in [4.78, 5) is 14.3. The summed E-state index contributed by atoms with van der Waals surface area (Å²) < 4.78 is 5.46. The zero-order chi connectivity index (χ0) is 18.1. The predicted molar refractivity (Wildman–Crippen MR) is 98.0 cm³/mol. The summed E-state index contributed by atoms with van der Waals surface area (Å²) in [5.74, 6) is 1.25. The monoisotopic (exact) mass is 347 g/mol. The minimum atomic E-state index is 0.0408. The largest absolute Gasteiger partial charge is 0.496 e. The lowest BCUT2D eigenvalue weighted by molar-refractivity contribution is 0.0966. The molecule has 5 nitrogen and oxygen atoms in total. The highest BCUT2D eigenvalue weighted by molar-refractivity contribution is 5.98. The molecule has 2 aromatic carbocycles. The number of methoxy groups -OCH3 is 1. The van der Waals surface area contributed by atoms with Crippen LogP contribution >= 0.6 is 0 Å². The van der Waals surface area contributed by atoms with E-state index in [1.54, 1.807) is 13.2 Å². The number of hydrogen-bond acceptors (Lipinski definition) is 4. The van der Waals surface area contributed by atoms with Gasteiger partial charge in [0.25, 0.3) is 5.91 Å². The molecule has 1 fully saturated rings. The van der Waals surface area contributed by atoms with E-state index in [0.29, 0.717) is 18.0 Å². The van der Waals surface area contributed by atoms with Gasteiger partial charge in [0.15, 0.2) is 0 Å². The van der Waals surface area contributed by atoms with Crippen LogP contribution in [0.3, 0.4) is 0 Å². The first-order valence-electron chi connectivity index (χ1n) is 8.89. The first-order valence-corrected chi connectivity index (χ1v) is 8.89. The van der Waals surface area contributed by atoms with Gasteiger partial charge in [0.1, 0.15) is 5.75 Å². The van der Waals surface area contributed by atoms with E-state index >= 15 is 0 Å². The van der Waals surface area contributed by atoms with Crippen LogP contribution in [0.1, 0.15) is 45.0 Å². The molecule has 0 spiro atoms. The molecule has 2 aliphatic heterocycles. The molecule has 0 bridgehead atoms. The van der Waals surface area contributed by atoms with Crippen LogP contribution in [-0.4, -0.2) is 31.0 Å². The second kappa shape index (κ2) is 6.81. The van der Waals surface area contributed by atoms with Crippen LogP contribution < -0.4 is 10.1 Å². The molecular formula is C21H21N3O2. The van der Waals surface area contributed by atoms with E-state index in [2.05, 4.69) is 22.4 Å². The van der Waals surface area contributed by atoms with Crippen LogP contribution in [0.25, 0.3) is 0 Å². The molecule has 2 aromatic rings. The second-order valence-corrected chi connectivity index (χ2v) is 6.92. The minimum Gasteiger partial charge on any atom is -0.496 e. The molecule has 5 heteroatoms. The molecule has 4 rings (SSSR count). The average molecular weight is 347 g/mol. The number of likely N-dealkylation sites (tertiary alicyclic amines) is 1. The summed E-state index contributed by atoms with van der Waals surface area (Å²) in [5.41, 5.74) is 5.01. The van der Waals surface area contributed by atoms with Crippen molar-refractivity contribution in [1.82, 2.24) is 10.2 Å². The third-order valence-electron chi connectivity index (χ3n) is 5.40. The molecule has 1 saturated heterocycles. The molecule has 1 unspecified atom stereocenters. The van der Waals surface area contributed by atoms with Gasteiger partial charge in [-0.15, -0.1) is 0 Å². The van der Waals surface area contributed by atoms with Crippen LogP contribution in [0.15, 0.2) is 36.4 Å². The highest BCUT2D eigenvalue weighted by atomic mass is 16.5. The van der Waals surface area contributed by atoms with Gasteiger partial charge in [0, 0.05) is 30.8 Å². The predicted octanol–water partition coefficient (Wildman–Crippen LogP) is 2.80. The number of ether oxygens (including phenoxy) is 1. The normalized spacial score (nSPS) is 19.1. The van der Waals surface area contributed by atoms with Crippen molar-refractivity contribution >= 4 is 5.91 Å². The molecule has 0 aromatic heterocycles. The molecule has 2 heterocycles.